The molecule has 27 heavy (non-hydrogen) atoms. The van der Waals surface area contributed by atoms with Gasteiger partial charge in [-0.25, -0.2) is 0 Å². The van der Waals surface area contributed by atoms with Crippen LogP contribution in [0.15, 0.2) is 66.1 Å². The van der Waals surface area contributed by atoms with Crippen molar-refractivity contribution in [1.82, 2.24) is 4.90 Å². The third-order valence-electron chi connectivity index (χ3n) is 3.91. The average molecular weight is 381 g/mol. The third-order valence-corrected chi connectivity index (χ3v) is 4.82. The summed E-state index contributed by atoms with van der Waals surface area (Å²) in [6.07, 6.45) is 3.21. The minimum absolute atomic E-state index is 0.204. The number of methoxy groups -OCH3 is 1. The molecule has 138 valence electrons. The molecule has 0 radical (unpaired) electrons. The predicted octanol–water partition coefficient (Wildman–Crippen LogP) is 4.50. The second-order valence-corrected chi connectivity index (χ2v) is 6.76. The molecule has 1 aliphatic rings. The van der Waals surface area contributed by atoms with E-state index in [1.54, 1.807) is 25.3 Å². The van der Waals surface area contributed by atoms with E-state index < -0.39 is 0 Å². The molecular weight excluding hydrogens is 362 g/mol. The average Bonchev–Trinajstić information content (AvgIpc) is 2.95. The number of nitrogens with zero attached hydrogens (tertiary/aromatic N) is 1. The molecule has 0 bridgehead atoms. The molecule has 0 unspecified atom stereocenters. The number of hydrogen-bond acceptors (Lipinski definition) is 5. The van der Waals surface area contributed by atoms with Crippen molar-refractivity contribution in [2.75, 3.05) is 13.7 Å². The first-order valence-electron chi connectivity index (χ1n) is 8.33. The van der Waals surface area contributed by atoms with E-state index in [2.05, 4.69) is 6.58 Å². The van der Waals surface area contributed by atoms with E-state index in [1.807, 2.05) is 36.4 Å². The van der Waals surface area contributed by atoms with Gasteiger partial charge in [-0.2, -0.15) is 0 Å². The van der Waals surface area contributed by atoms with Gasteiger partial charge < -0.3 is 9.47 Å². The summed E-state index contributed by atoms with van der Waals surface area (Å²) in [6, 6.07) is 15.2. The highest BCUT2D eigenvalue weighted by Crippen LogP contribution is 2.34. The van der Waals surface area contributed by atoms with Gasteiger partial charge in [0.15, 0.2) is 11.5 Å². The summed E-state index contributed by atoms with van der Waals surface area (Å²) < 4.78 is 11.2. The molecule has 1 saturated heterocycles. The van der Waals surface area contributed by atoms with E-state index in [-0.39, 0.29) is 17.7 Å². The van der Waals surface area contributed by atoms with Gasteiger partial charge in [0.1, 0.15) is 6.61 Å². The lowest BCUT2D eigenvalue weighted by atomic mass is 10.1. The molecule has 1 fully saturated rings. The number of imide groups is 1. The Morgan fingerprint density at radius 1 is 1.11 bits per heavy atom. The van der Waals surface area contributed by atoms with E-state index >= 15 is 0 Å². The molecule has 5 nitrogen and oxygen atoms in total. The van der Waals surface area contributed by atoms with E-state index in [4.69, 9.17) is 9.47 Å². The smallest absolute Gasteiger partial charge is 0.293 e. The van der Waals surface area contributed by atoms with E-state index in [9.17, 15) is 9.59 Å². The Balaban J connectivity index is 1.81. The summed E-state index contributed by atoms with van der Waals surface area (Å²) in [7, 11) is 1.57. The molecule has 0 atom stereocenters. The summed E-state index contributed by atoms with van der Waals surface area (Å²) in [6.45, 7) is 4.18. The van der Waals surface area contributed by atoms with Crippen LogP contribution in [0.25, 0.3) is 6.08 Å². The van der Waals surface area contributed by atoms with Crippen LogP contribution >= 0.6 is 11.8 Å². The molecule has 1 heterocycles. The topological polar surface area (TPSA) is 55.8 Å². The van der Waals surface area contributed by atoms with Crippen LogP contribution in [0.5, 0.6) is 11.5 Å². The lowest BCUT2D eigenvalue weighted by Crippen LogP contribution is -2.27. The Kier molecular flexibility index (Phi) is 5.98. The third kappa shape index (κ3) is 4.41. The first-order chi connectivity index (χ1) is 13.1. The number of carbonyl (C=O) groups excluding carboxylic acids is 2. The minimum Gasteiger partial charge on any atom is -0.493 e. The fourth-order valence-electron chi connectivity index (χ4n) is 2.57. The van der Waals surface area contributed by atoms with Gasteiger partial charge in [-0.05, 0) is 41.1 Å². The highest BCUT2D eigenvalue weighted by atomic mass is 32.2. The first-order valence-corrected chi connectivity index (χ1v) is 9.15. The monoisotopic (exact) mass is 381 g/mol. The zero-order chi connectivity index (χ0) is 19.2. The molecule has 0 spiro atoms. The summed E-state index contributed by atoms with van der Waals surface area (Å²) in [5.41, 5.74) is 1.79. The lowest BCUT2D eigenvalue weighted by molar-refractivity contribution is -0.122. The molecule has 2 aromatic rings. The molecular formula is C21H19NO4S. The molecule has 1 aliphatic heterocycles. The van der Waals surface area contributed by atoms with E-state index in [0.717, 1.165) is 22.9 Å². The molecule has 2 amide bonds. The maximum atomic E-state index is 12.3. The summed E-state index contributed by atoms with van der Waals surface area (Å²) >= 11 is 0.921. The van der Waals surface area contributed by atoms with Gasteiger partial charge in [0.25, 0.3) is 11.1 Å². The number of thioether (sulfide) groups is 1. The largest absolute Gasteiger partial charge is 0.493 e. The molecule has 0 aromatic heterocycles. The summed E-state index contributed by atoms with van der Waals surface area (Å²) in [4.78, 5) is 25.8. The Bertz CT molecular complexity index is 892. The van der Waals surface area contributed by atoms with Gasteiger partial charge >= 0.3 is 0 Å². The predicted molar refractivity (Wildman–Crippen MR) is 107 cm³/mol. The van der Waals surface area contributed by atoms with Crippen LogP contribution in [-0.4, -0.2) is 29.7 Å². The standard InChI is InChI=1S/C21H19NO4S/c1-3-11-22-20(23)19(27-21(22)24)13-16-9-10-17(25-2)18(12-16)26-14-15-7-5-4-6-8-15/h3-10,12-13H,1,11,14H2,2H3/b19-13+. The SMILES string of the molecule is C=CCN1C(=O)S/C(=C/c2ccc(OC)c(OCc3ccccc3)c2)C1=O. The Labute approximate surface area is 162 Å². The van der Waals surface area contributed by atoms with Crippen molar-refractivity contribution in [3.8, 4) is 11.5 Å². The van der Waals surface area contributed by atoms with Crippen LogP contribution in [0.3, 0.4) is 0 Å². The van der Waals surface area contributed by atoms with Crippen molar-refractivity contribution in [3.05, 3.63) is 77.2 Å². The van der Waals surface area contributed by atoms with Crippen molar-refractivity contribution in [3.63, 3.8) is 0 Å². The Morgan fingerprint density at radius 2 is 1.89 bits per heavy atom. The van der Waals surface area contributed by atoms with Gasteiger partial charge in [-0.3, -0.25) is 14.5 Å². The van der Waals surface area contributed by atoms with Crippen molar-refractivity contribution < 1.29 is 19.1 Å². The number of amides is 2. The number of hydrogen-bond donors (Lipinski definition) is 0. The van der Waals surface area contributed by atoms with Crippen molar-refractivity contribution >= 4 is 29.0 Å². The van der Waals surface area contributed by atoms with Gasteiger partial charge in [0.05, 0.1) is 12.0 Å². The highest BCUT2D eigenvalue weighted by Gasteiger charge is 2.34. The van der Waals surface area contributed by atoms with Crippen molar-refractivity contribution in [2.24, 2.45) is 0 Å². The van der Waals surface area contributed by atoms with Gasteiger partial charge in [-0.15, -0.1) is 6.58 Å². The minimum atomic E-state index is -0.313. The number of benzene rings is 2. The first kappa shape index (κ1) is 18.8. The molecule has 0 aliphatic carbocycles. The van der Waals surface area contributed by atoms with Crippen molar-refractivity contribution in [2.45, 2.75) is 6.61 Å². The normalized spacial score (nSPS) is 15.3. The zero-order valence-electron chi connectivity index (χ0n) is 14.9. The maximum absolute atomic E-state index is 12.3. The van der Waals surface area contributed by atoms with Gasteiger partial charge in [-0.1, -0.05) is 42.5 Å². The Hall–Kier alpha value is -2.99. The van der Waals surface area contributed by atoms with Crippen LogP contribution in [0.2, 0.25) is 0 Å². The number of carbonyl (C=O) groups is 2. The van der Waals surface area contributed by atoms with Gasteiger partial charge in [0.2, 0.25) is 0 Å². The van der Waals surface area contributed by atoms with Crippen LogP contribution in [0.1, 0.15) is 11.1 Å². The molecule has 2 aromatic carbocycles. The lowest BCUT2D eigenvalue weighted by Gasteiger charge is -2.12. The zero-order valence-corrected chi connectivity index (χ0v) is 15.7. The van der Waals surface area contributed by atoms with E-state index in [1.165, 1.54) is 11.0 Å². The molecule has 3 rings (SSSR count). The second kappa shape index (κ2) is 8.60. The number of rotatable bonds is 7. The molecule has 0 saturated carbocycles. The Morgan fingerprint density at radius 3 is 2.59 bits per heavy atom. The van der Waals surface area contributed by atoms with Gasteiger partial charge in [0, 0.05) is 6.54 Å². The van der Waals surface area contributed by atoms with E-state index in [0.29, 0.717) is 23.0 Å². The maximum Gasteiger partial charge on any atom is 0.293 e. The fourth-order valence-corrected chi connectivity index (χ4v) is 3.42. The number of ether oxygens (including phenoxy) is 2. The highest BCUT2D eigenvalue weighted by molar-refractivity contribution is 8.18. The molecule has 0 N–H and O–H groups in total. The van der Waals surface area contributed by atoms with Crippen LogP contribution in [0, 0.1) is 0 Å². The molecule has 6 heteroatoms. The summed E-state index contributed by atoms with van der Waals surface area (Å²) in [5.74, 6) is 0.857. The van der Waals surface area contributed by atoms with Crippen LogP contribution in [-0.2, 0) is 11.4 Å². The second-order valence-electron chi connectivity index (χ2n) is 5.77. The fraction of sp³-hybridized carbons (Fsp3) is 0.143. The van der Waals surface area contributed by atoms with Crippen LogP contribution < -0.4 is 9.47 Å². The van der Waals surface area contributed by atoms with Crippen LogP contribution in [0.4, 0.5) is 4.79 Å². The van der Waals surface area contributed by atoms with Crippen molar-refractivity contribution in [1.29, 1.82) is 0 Å². The summed E-state index contributed by atoms with van der Waals surface area (Å²) in [5, 5.41) is -0.291. The quantitative estimate of drug-likeness (QED) is 0.522.